The maximum atomic E-state index is 8.91. The lowest BCUT2D eigenvalue weighted by Gasteiger charge is -1.89. The number of nitrogens with zero attached hydrogens (tertiary/aromatic N) is 1. The summed E-state index contributed by atoms with van der Waals surface area (Å²) in [5.41, 5.74) is 0. The third-order valence-corrected chi connectivity index (χ3v) is 2.70. The Morgan fingerprint density at radius 1 is 1.82 bits per heavy atom. The van der Waals surface area contributed by atoms with Crippen molar-refractivity contribution in [3.05, 3.63) is 20.2 Å². The van der Waals surface area contributed by atoms with Crippen LogP contribution in [0.3, 0.4) is 0 Å². The van der Waals surface area contributed by atoms with Crippen LogP contribution in [0.4, 0.5) is 0 Å². The molecule has 2 nitrogen and oxygen atoms in total. The molecule has 0 fully saturated rings. The molecular formula is C7H8INOS. The monoisotopic (exact) mass is 281 g/mol. The molecule has 0 aliphatic rings. The van der Waals surface area contributed by atoms with Crippen LogP contribution in [0.5, 0.6) is 0 Å². The fourth-order valence-electron chi connectivity index (χ4n) is 0.566. The number of hydrogen-bond donors (Lipinski definition) is 1. The van der Waals surface area contributed by atoms with Gasteiger partial charge in [-0.2, -0.15) is 0 Å². The average molecular weight is 281 g/mol. The number of thiazole rings is 1. The maximum absolute atomic E-state index is 8.91. The molecule has 4 heteroatoms. The lowest BCUT2D eigenvalue weighted by atomic mass is 10.4. The van der Waals surface area contributed by atoms with Gasteiger partial charge in [-0.1, -0.05) is 6.08 Å². The number of aromatic nitrogens is 1. The first-order valence-corrected chi connectivity index (χ1v) is 5.05. The van der Waals surface area contributed by atoms with Gasteiger partial charge in [0.2, 0.25) is 0 Å². The summed E-state index contributed by atoms with van der Waals surface area (Å²) in [5.74, 6) is 0. The zero-order valence-electron chi connectivity index (χ0n) is 5.99. The first-order valence-electron chi connectivity index (χ1n) is 3.16. The van der Waals surface area contributed by atoms with Gasteiger partial charge in [0.05, 0.1) is 15.2 Å². The van der Waals surface area contributed by atoms with E-state index in [2.05, 4.69) is 27.6 Å². The lowest BCUT2D eigenvalue weighted by molar-refractivity contribution is 0.245. The van der Waals surface area contributed by atoms with E-state index in [0.717, 1.165) is 7.89 Å². The van der Waals surface area contributed by atoms with Gasteiger partial charge in [0.1, 0.15) is 5.01 Å². The van der Waals surface area contributed by atoms with E-state index in [1.165, 1.54) is 0 Å². The fraction of sp³-hybridized carbons (Fsp3) is 0.286. The number of aliphatic hydroxyl groups excluding tert-OH is 1. The Kier molecular flexibility index (Phi) is 3.47. The number of aliphatic hydroxyl groups is 1. The minimum absolute atomic E-state index is 0.392. The number of rotatable bonds is 2. The first-order chi connectivity index (χ1) is 5.18. The van der Waals surface area contributed by atoms with Gasteiger partial charge in [0, 0.05) is 0 Å². The Bertz CT molecular complexity index is 257. The zero-order valence-corrected chi connectivity index (χ0v) is 8.96. The summed E-state index contributed by atoms with van der Waals surface area (Å²) < 4.78 is 1.16. The molecule has 1 heterocycles. The molecule has 0 saturated heterocycles. The molecule has 11 heavy (non-hydrogen) atoms. The second-order valence-electron chi connectivity index (χ2n) is 2.10. The van der Waals surface area contributed by atoms with Gasteiger partial charge in [-0.25, -0.2) is 4.98 Å². The van der Waals surface area contributed by atoms with Crippen LogP contribution in [-0.4, -0.2) is 16.2 Å². The van der Waals surface area contributed by atoms with Gasteiger partial charge in [-0.05, 0) is 35.6 Å². The fourth-order valence-corrected chi connectivity index (χ4v) is 1.94. The summed E-state index contributed by atoms with van der Waals surface area (Å²) in [6.07, 6.45) is 4.97. The molecule has 0 saturated carbocycles. The van der Waals surface area contributed by atoms with Crippen molar-refractivity contribution in [2.45, 2.75) is 13.0 Å². The van der Waals surface area contributed by atoms with Crippen LogP contribution >= 0.6 is 33.9 Å². The predicted molar refractivity (Wildman–Crippen MR) is 55.5 cm³/mol. The van der Waals surface area contributed by atoms with E-state index in [9.17, 15) is 0 Å². The second-order valence-corrected chi connectivity index (χ2v) is 5.06. The van der Waals surface area contributed by atoms with Crippen LogP contribution in [0.15, 0.2) is 12.3 Å². The first kappa shape index (κ1) is 9.15. The topological polar surface area (TPSA) is 33.1 Å². The summed E-state index contributed by atoms with van der Waals surface area (Å²) in [6, 6.07) is 0. The predicted octanol–water partition coefficient (Wildman–Crippen LogP) is 2.14. The molecule has 1 aromatic heterocycles. The normalized spacial score (nSPS) is 14.1. The molecule has 60 valence electrons. The summed E-state index contributed by atoms with van der Waals surface area (Å²) in [6.45, 7) is 1.72. The van der Waals surface area contributed by atoms with Gasteiger partial charge < -0.3 is 5.11 Å². The largest absolute Gasteiger partial charge is 0.389 e. The smallest absolute Gasteiger partial charge is 0.116 e. The highest BCUT2D eigenvalue weighted by molar-refractivity contribution is 14.1. The summed E-state index contributed by atoms with van der Waals surface area (Å²) >= 11 is 3.82. The molecule has 0 aliphatic heterocycles. The van der Waals surface area contributed by atoms with Gasteiger partial charge in [0.25, 0.3) is 0 Å². The molecule has 0 amide bonds. The molecule has 0 spiro atoms. The molecule has 1 N–H and O–H groups in total. The molecule has 1 unspecified atom stereocenters. The Morgan fingerprint density at radius 3 is 3.00 bits per heavy atom. The molecule has 0 radical (unpaired) electrons. The highest BCUT2D eigenvalue weighted by atomic mass is 127. The third kappa shape index (κ3) is 3.31. The van der Waals surface area contributed by atoms with E-state index in [-0.39, 0.29) is 0 Å². The van der Waals surface area contributed by atoms with Crippen molar-refractivity contribution in [3.8, 4) is 0 Å². The van der Waals surface area contributed by atoms with E-state index in [1.807, 2.05) is 12.3 Å². The minimum atomic E-state index is -0.392. The van der Waals surface area contributed by atoms with Crippen LogP contribution in [0.1, 0.15) is 11.9 Å². The zero-order chi connectivity index (χ0) is 8.27. The molecule has 1 atom stereocenters. The summed E-state index contributed by atoms with van der Waals surface area (Å²) in [4.78, 5) is 4.10. The van der Waals surface area contributed by atoms with Gasteiger partial charge in [-0.3, -0.25) is 0 Å². The summed E-state index contributed by atoms with van der Waals surface area (Å²) in [7, 11) is 0. The van der Waals surface area contributed by atoms with Crippen molar-refractivity contribution < 1.29 is 5.11 Å². The van der Waals surface area contributed by atoms with Crippen LogP contribution < -0.4 is 0 Å². The van der Waals surface area contributed by atoms with Crippen molar-refractivity contribution in [1.82, 2.24) is 4.98 Å². The van der Waals surface area contributed by atoms with Crippen LogP contribution in [0, 0.1) is 2.88 Å². The van der Waals surface area contributed by atoms with Crippen LogP contribution in [-0.2, 0) is 0 Å². The van der Waals surface area contributed by atoms with Crippen molar-refractivity contribution >= 4 is 40.0 Å². The highest BCUT2D eigenvalue weighted by Gasteiger charge is 1.94. The molecule has 0 bridgehead atoms. The van der Waals surface area contributed by atoms with E-state index >= 15 is 0 Å². The third-order valence-electron chi connectivity index (χ3n) is 1.01. The van der Waals surface area contributed by atoms with Crippen LogP contribution in [0.2, 0.25) is 0 Å². The number of halogens is 1. The van der Waals surface area contributed by atoms with Gasteiger partial charge in [-0.15, -0.1) is 11.3 Å². The van der Waals surface area contributed by atoms with Gasteiger partial charge in [0.15, 0.2) is 0 Å². The van der Waals surface area contributed by atoms with E-state index in [0.29, 0.717) is 0 Å². The van der Waals surface area contributed by atoms with Crippen molar-refractivity contribution in [2.24, 2.45) is 0 Å². The van der Waals surface area contributed by atoms with E-state index < -0.39 is 6.10 Å². The Labute approximate surface area is 83.1 Å². The summed E-state index contributed by atoms with van der Waals surface area (Å²) in [5, 5.41) is 9.85. The Morgan fingerprint density at radius 2 is 2.55 bits per heavy atom. The van der Waals surface area contributed by atoms with Crippen molar-refractivity contribution in [1.29, 1.82) is 0 Å². The lowest BCUT2D eigenvalue weighted by Crippen LogP contribution is -1.90. The highest BCUT2D eigenvalue weighted by Crippen LogP contribution is 2.15. The van der Waals surface area contributed by atoms with Gasteiger partial charge >= 0.3 is 0 Å². The maximum Gasteiger partial charge on any atom is 0.116 e. The van der Waals surface area contributed by atoms with Crippen molar-refractivity contribution in [3.63, 3.8) is 0 Å². The Balaban J connectivity index is 2.64. The van der Waals surface area contributed by atoms with E-state index in [1.54, 1.807) is 24.3 Å². The quantitative estimate of drug-likeness (QED) is 0.842. The Hall–Kier alpha value is 0.0600. The number of hydrogen-bond acceptors (Lipinski definition) is 3. The second kappa shape index (κ2) is 4.18. The average Bonchev–Trinajstić information content (AvgIpc) is 2.31. The SMILES string of the molecule is CC(O)/C=C/c1ncc(I)s1. The molecule has 0 aliphatic carbocycles. The minimum Gasteiger partial charge on any atom is -0.389 e. The molecular weight excluding hydrogens is 273 g/mol. The van der Waals surface area contributed by atoms with Crippen molar-refractivity contribution in [2.75, 3.05) is 0 Å². The molecule has 0 aromatic carbocycles. The molecule has 1 aromatic rings. The van der Waals surface area contributed by atoms with Crippen LogP contribution in [0.25, 0.3) is 6.08 Å². The standard InChI is InChI=1S/C7H8INOS/c1-5(10)2-3-7-9-4-6(8)11-7/h2-5,10H,1H3/b3-2+. The van der Waals surface area contributed by atoms with E-state index in [4.69, 9.17) is 5.11 Å². The molecule has 1 rings (SSSR count).